The monoisotopic (exact) mass is 640 g/mol. The van der Waals surface area contributed by atoms with E-state index in [4.69, 9.17) is 14.2 Å². The minimum absolute atomic E-state index is 0.203. The lowest BCUT2D eigenvalue weighted by atomic mass is 9.94. The molecule has 0 aliphatic rings. The third kappa shape index (κ3) is 7.94. The predicted octanol–water partition coefficient (Wildman–Crippen LogP) is 5.12. The highest BCUT2D eigenvalue weighted by Crippen LogP contribution is 2.34. The van der Waals surface area contributed by atoms with Crippen LogP contribution in [-0.2, 0) is 16.2 Å². The van der Waals surface area contributed by atoms with Gasteiger partial charge in [-0.1, -0.05) is 32.0 Å². The lowest BCUT2D eigenvalue weighted by molar-refractivity contribution is -0.134. The second-order valence-electron chi connectivity index (χ2n) is 8.77. The third-order valence-electron chi connectivity index (χ3n) is 5.74. The summed E-state index contributed by atoms with van der Waals surface area (Å²) in [7, 11) is 3.09. The van der Waals surface area contributed by atoms with Gasteiger partial charge >= 0.3 is 0 Å². The first kappa shape index (κ1) is 29.4. The number of anilines is 1. The van der Waals surface area contributed by atoms with Gasteiger partial charge in [0.2, 0.25) is 5.91 Å². The number of hydrogen-bond acceptors (Lipinski definition) is 7. The summed E-state index contributed by atoms with van der Waals surface area (Å²) in [6.07, 6.45) is 1.47. The maximum Gasteiger partial charge on any atom is 0.252 e. The molecule has 0 aliphatic heterocycles. The Morgan fingerprint density at radius 2 is 1.77 bits per heavy atom. The smallest absolute Gasteiger partial charge is 0.252 e. The Kier molecular flexibility index (Phi) is 10.7. The second kappa shape index (κ2) is 14.2. The fourth-order valence-corrected chi connectivity index (χ4v) is 4.50. The molecule has 1 atom stereocenters. The molecule has 202 valence electrons. The molecule has 2 N–H and O–H groups in total. The molecule has 0 spiro atoms. The van der Waals surface area contributed by atoms with E-state index in [1.54, 1.807) is 63.4 Å². The number of rotatable bonds is 11. The summed E-state index contributed by atoms with van der Waals surface area (Å²) in [6, 6.07) is 19.8. The molecule has 0 aromatic heterocycles. The largest absolute Gasteiger partial charge is 0.497 e. The normalized spacial score (nSPS) is 11.5. The molecule has 9 nitrogen and oxygen atoms in total. The molecule has 1 unspecified atom stereocenters. The van der Waals surface area contributed by atoms with Crippen molar-refractivity contribution >= 4 is 46.3 Å². The van der Waals surface area contributed by atoms with Crippen molar-refractivity contribution in [1.29, 1.82) is 5.26 Å². The topological polar surface area (TPSA) is 122 Å². The van der Waals surface area contributed by atoms with Gasteiger partial charge in [0.25, 0.3) is 5.91 Å². The summed E-state index contributed by atoms with van der Waals surface area (Å²) in [5.41, 5.74) is 5.00. The summed E-state index contributed by atoms with van der Waals surface area (Å²) in [5.74, 6) is -0.502. The van der Waals surface area contributed by atoms with Crippen LogP contribution in [0.3, 0.4) is 0 Å². The van der Waals surface area contributed by atoms with Crippen molar-refractivity contribution in [3.63, 3.8) is 0 Å². The molecule has 0 heterocycles. The Labute approximate surface area is 241 Å². The van der Waals surface area contributed by atoms with E-state index in [1.165, 1.54) is 13.3 Å². The number of hydrogen-bond donors (Lipinski definition) is 2. The van der Waals surface area contributed by atoms with Gasteiger partial charge in [0.05, 0.1) is 35.6 Å². The molecule has 0 bridgehead atoms. The van der Waals surface area contributed by atoms with Crippen LogP contribution in [0.5, 0.6) is 17.2 Å². The SMILES string of the molecule is COc1ccc(NC(=O)C(C(=O)NN=Cc2cc(I)c(OCc3ccccc3C#N)c(OC)c2)C(C)C)cc1. The first-order valence-corrected chi connectivity index (χ1v) is 13.1. The average Bonchev–Trinajstić information content (AvgIpc) is 2.92. The molecule has 3 aromatic carbocycles. The van der Waals surface area contributed by atoms with Crippen LogP contribution in [0.2, 0.25) is 0 Å². The van der Waals surface area contributed by atoms with Gasteiger partial charge < -0.3 is 19.5 Å². The molecule has 10 heteroatoms. The van der Waals surface area contributed by atoms with E-state index in [0.29, 0.717) is 34.1 Å². The minimum Gasteiger partial charge on any atom is -0.497 e. The summed E-state index contributed by atoms with van der Waals surface area (Å²) in [5, 5.41) is 16.1. The number of hydrazone groups is 1. The van der Waals surface area contributed by atoms with E-state index in [0.717, 1.165) is 9.13 Å². The van der Waals surface area contributed by atoms with Crippen molar-refractivity contribution in [3.05, 3.63) is 80.9 Å². The summed E-state index contributed by atoms with van der Waals surface area (Å²) in [4.78, 5) is 25.7. The quantitative estimate of drug-likeness (QED) is 0.130. The van der Waals surface area contributed by atoms with Gasteiger partial charge in [-0.05, 0) is 76.5 Å². The van der Waals surface area contributed by atoms with E-state index in [2.05, 4.69) is 44.5 Å². The first-order valence-electron chi connectivity index (χ1n) is 12.0. The molecule has 3 aromatic rings. The molecule has 0 saturated carbocycles. The number of carbonyl (C=O) groups is 2. The molecule has 39 heavy (non-hydrogen) atoms. The number of carbonyl (C=O) groups excluding carboxylic acids is 2. The van der Waals surface area contributed by atoms with Crippen LogP contribution >= 0.6 is 22.6 Å². The fourth-order valence-electron chi connectivity index (χ4n) is 3.72. The van der Waals surface area contributed by atoms with Gasteiger partial charge in [-0.25, -0.2) is 5.43 Å². The zero-order valence-electron chi connectivity index (χ0n) is 22.0. The van der Waals surface area contributed by atoms with Gasteiger partial charge in [0.1, 0.15) is 18.3 Å². The number of nitriles is 1. The number of amides is 2. The molecule has 2 amide bonds. The highest BCUT2D eigenvalue weighted by Gasteiger charge is 2.30. The number of nitrogens with one attached hydrogen (secondary N) is 2. The Morgan fingerprint density at radius 3 is 2.41 bits per heavy atom. The fraction of sp³-hybridized carbons (Fsp3) is 0.241. The number of benzene rings is 3. The Hall–Kier alpha value is -4.11. The van der Waals surface area contributed by atoms with Crippen molar-refractivity contribution < 1.29 is 23.8 Å². The van der Waals surface area contributed by atoms with Crippen LogP contribution < -0.4 is 25.0 Å². The molecule has 0 saturated heterocycles. The van der Waals surface area contributed by atoms with Gasteiger partial charge in [-0.2, -0.15) is 10.4 Å². The van der Waals surface area contributed by atoms with Crippen molar-refractivity contribution in [2.24, 2.45) is 16.9 Å². The highest BCUT2D eigenvalue weighted by molar-refractivity contribution is 14.1. The van der Waals surface area contributed by atoms with Crippen LogP contribution in [0, 0.1) is 26.7 Å². The second-order valence-corrected chi connectivity index (χ2v) is 9.93. The number of nitrogens with zero attached hydrogens (tertiary/aromatic N) is 2. The Morgan fingerprint density at radius 1 is 1.05 bits per heavy atom. The third-order valence-corrected chi connectivity index (χ3v) is 6.54. The zero-order chi connectivity index (χ0) is 28.4. The van der Waals surface area contributed by atoms with E-state index in [-0.39, 0.29) is 12.5 Å². The van der Waals surface area contributed by atoms with Gasteiger partial charge in [0.15, 0.2) is 11.5 Å². The predicted molar refractivity (Wildman–Crippen MR) is 157 cm³/mol. The summed E-state index contributed by atoms with van der Waals surface area (Å²) in [6.45, 7) is 3.79. The van der Waals surface area contributed by atoms with Gasteiger partial charge in [0, 0.05) is 11.3 Å². The van der Waals surface area contributed by atoms with Crippen LogP contribution in [0.25, 0.3) is 0 Å². The zero-order valence-corrected chi connectivity index (χ0v) is 24.2. The van der Waals surface area contributed by atoms with Crippen LogP contribution in [0.1, 0.15) is 30.5 Å². The van der Waals surface area contributed by atoms with Crippen LogP contribution in [-0.4, -0.2) is 32.2 Å². The lowest BCUT2D eigenvalue weighted by Crippen LogP contribution is -2.39. The van der Waals surface area contributed by atoms with Gasteiger partial charge in [-0.3, -0.25) is 9.59 Å². The molecule has 0 radical (unpaired) electrons. The number of ether oxygens (including phenoxy) is 3. The van der Waals surface area contributed by atoms with Crippen molar-refractivity contribution in [2.45, 2.75) is 20.5 Å². The van der Waals surface area contributed by atoms with Crippen LogP contribution in [0.15, 0.2) is 65.8 Å². The molecule has 0 aliphatic carbocycles. The highest BCUT2D eigenvalue weighted by atomic mass is 127. The first-order chi connectivity index (χ1) is 18.8. The maximum absolute atomic E-state index is 12.8. The maximum atomic E-state index is 12.8. The average molecular weight is 640 g/mol. The lowest BCUT2D eigenvalue weighted by Gasteiger charge is -2.18. The number of methoxy groups -OCH3 is 2. The van der Waals surface area contributed by atoms with Crippen LogP contribution in [0.4, 0.5) is 5.69 Å². The molecule has 0 fully saturated rings. The van der Waals surface area contributed by atoms with Crippen molar-refractivity contribution in [3.8, 4) is 23.3 Å². The molecular formula is C29H29IN4O5. The number of halogens is 1. The minimum atomic E-state index is -0.953. The molecule has 3 rings (SSSR count). The van der Waals surface area contributed by atoms with E-state index in [1.807, 2.05) is 18.2 Å². The van der Waals surface area contributed by atoms with Crippen molar-refractivity contribution in [2.75, 3.05) is 19.5 Å². The Balaban J connectivity index is 1.67. The van der Waals surface area contributed by atoms with Gasteiger partial charge in [-0.15, -0.1) is 0 Å². The molecular weight excluding hydrogens is 611 g/mol. The van der Waals surface area contributed by atoms with E-state index >= 15 is 0 Å². The summed E-state index contributed by atoms with van der Waals surface area (Å²) < 4.78 is 17.4. The standard InChI is InChI=1S/C29H29IN4O5/c1-18(2)26(28(35)33-22-9-11-23(37-3)12-10-22)29(36)34-32-16-19-13-24(30)27(25(14-19)38-4)39-17-21-8-6-5-7-20(21)15-31/h5-14,16,18,26H,17H2,1-4H3,(H,33,35)(H,34,36). The van der Waals surface area contributed by atoms with Crippen molar-refractivity contribution in [1.82, 2.24) is 5.43 Å². The van der Waals surface area contributed by atoms with E-state index in [9.17, 15) is 14.9 Å². The van der Waals surface area contributed by atoms with E-state index < -0.39 is 17.7 Å². The summed E-state index contributed by atoms with van der Waals surface area (Å²) >= 11 is 2.12. The Bertz CT molecular complexity index is 1380.